The van der Waals surface area contributed by atoms with Gasteiger partial charge >= 0.3 is 7.82 Å². The largest absolute Gasteiger partial charge is 0.472 e. The number of ether oxygens (including phenoxy) is 1. The molecule has 498 valence electrons. The molecule has 1 aromatic carbocycles. The molecule has 0 aliphatic carbocycles. The Labute approximate surface area is 530 Å². The highest BCUT2D eigenvalue weighted by atomic mass is 31.2. The molecule has 0 radical (unpaired) electrons. The van der Waals surface area contributed by atoms with Crippen molar-refractivity contribution in [3.05, 3.63) is 63.9 Å². The number of benzene rings is 1. The lowest BCUT2D eigenvalue weighted by Crippen LogP contribution is -2.56. The van der Waals surface area contributed by atoms with Gasteiger partial charge in [0, 0.05) is 138 Å². The number of aliphatic hydroxyl groups excluding tert-OH is 2. The van der Waals surface area contributed by atoms with Gasteiger partial charge in [-0.25, -0.2) is 9.55 Å². The summed E-state index contributed by atoms with van der Waals surface area (Å²) >= 11 is 0. The fourth-order valence-corrected chi connectivity index (χ4v) is 16.7. The summed E-state index contributed by atoms with van der Waals surface area (Å²) in [4.78, 5) is 127. The van der Waals surface area contributed by atoms with Crippen molar-refractivity contribution in [3.63, 3.8) is 0 Å². The number of aromatic nitrogens is 2. The van der Waals surface area contributed by atoms with Gasteiger partial charge in [-0.05, 0) is 108 Å². The third-order valence-corrected chi connectivity index (χ3v) is 22.0. The first kappa shape index (κ1) is 69.9. The van der Waals surface area contributed by atoms with Crippen molar-refractivity contribution in [2.45, 2.75) is 189 Å². The van der Waals surface area contributed by atoms with Crippen LogP contribution in [0.1, 0.15) is 150 Å². The summed E-state index contributed by atoms with van der Waals surface area (Å²) in [6, 6.07) is 2.71. The van der Waals surface area contributed by atoms with E-state index >= 15 is 0 Å². The van der Waals surface area contributed by atoms with Crippen LogP contribution in [0.3, 0.4) is 0 Å². The number of allylic oxidation sites excluding steroid dienone is 6. The maximum absolute atomic E-state index is 14.4. The zero-order valence-corrected chi connectivity index (χ0v) is 55.1. The number of imidazole rings is 1. The van der Waals surface area contributed by atoms with E-state index in [2.05, 4.69) is 20.9 Å². The number of aryl methyl sites for hydroxylation is 2. The first-order valence-electron chi connectivity index (χ1n) is 31.0. The average Bonchev–Trinajstić information content (AvgIpc) is 1.53. The molecule has 8 rings (SSSR count). The molecule has 91 heavy (non-hydrogen) atoms. The van der Waals surface area contributed by atoms with Crippen molar-refractivity contribution >= 4 is 77.3 Å². The predicted molar refractivity (Wildman–Crippen MR) is 338 cm³/mol. The Kier molecular flexibility index (Phi) is 20.1. The summed E-state index contributed by atoms with van der Waals surface area (Å²) < 4.78 is 32.3. The summed E-state index contributed by atoms with van der Waals surface area (Å²) in [6.45, 7) is 19.4. The molecule has 6 aliphatic heterocycles. The number of carbonyl (C=O) groups is 7. The Balaban J connectivity index is 1.20. The van der Waals surface area contributed by atoms with Crippen LogP contribution in [0.4, 0.5) is 0 Å². The predicted octanol–water partition coefficient (Wildman–Crippen LogP) is 3.42. The monoisotopic (exact) mass is 1290 g/mol. The second-order valence-electron chi connectivity index (χ2n) is 27.3. The normalized spacial score (nSPS) is 31.8. The highest BCUT2D eigenvalue weighted by Crippen LogP contribution is 2.63. The number of hydrogen-bond donors (Lipinski definition) is 11. The van der Waals surface area contributed by atoms with Crippen LogP contribution in [0.15, 0.2) is 67.8 Å². The van der Waals surface area contributed by atoms with Crippen LogP contribution in [0.5, 0.6) is 0 Å². The molecule has 0 saturated carbocycles. The van der Waals surface area contributed by atoms with Crippen LogP contribution >= 0.6 is 7.82 Å². The van der Waals surface area contributed by atoms with Gasteiger partial charge in [-0.1, -0.05) is 34.6 Å². The standard InChI is InChI=1S/C63H92N13O14P/c1-30-21-40-41(22-31(30)2)76(29-71-40)58-53(85)54(42(28-77)88-58)90-91(86,87)89-32(3)27-70-50(84)19-20-60(8)38(23-46(66)80)57-63(11)62(10,26-48(68)82)37(14-17-45(65)79)52(75-63)34(5)56-61(9,25-47(67)81)35(15-18-49(83)69-12)39(72-56)24-43-59(6,7)36(13-16-44(64)78)51(73-43)33(4)55(60)74-57/h21-22,24,29,32,35-38,42,53-54,57-58,72,77,85H,13-20,23,25-28H2,1-12H3,(H2,64,78)(H2,65,79)(H2,66,80)(H2,67,81)(H2,68,82)(H,69,83)(H,70,84)(H,86,87)/t32-,35-,36-,37-,38+,42-,53-,54-,57-,58+,60-,61+,62+,63+/m1/s1. The number of fused-ring (bicyclic) bond motifs is 7. The Hall–Kier alpha value is -7.00. The number of carbonyl (C=O) groups excluding carboxylic acids is 7. The van der Waals surface area contributed by atoms with Gasteiger partial charge < -0.3 is 69.0 Å². The maximum Gasteiger partial charge on any atom is 0.472 e. The van der Waals surface area contributed by atoms with Crippen molar-refractivity contribution in [3.8, 4) is 0 Å². The van der Waals surface area contributed by atoms with Crippen LogP contribution in [0.2, 0.25) is 0 Å². The number of rotatable bonds is 26. The molecular formula is C63H92N13O14P. The van der Waals surface area contributed by atoms with Crippen LogP contribution < -0.4 is 44.6 Å². The molecule has 16 N–H and O–H groups in total. The highest BCUT2D eigenvalue weighted by molar-refractivity contribution is 7.47. The van der Waals surface area contributed by atoms with Crippen LogP contribution in [-0.2, 0) is 51.9 Å². The lowest BCUT2D eigenvalue weighted by atomic mass is 9.55. The van der Waals surface area contributed by atoms with Crippen LogP contribution in [-0.4, -0.2) is 139 Å². The molecule has 2 aromatic rings. The molecule has 7 amide bonds. The zero-order chi connectivity index (χ0) is 67.4. The van der Waals surface area contributed by atoms with E-state index in [4.69, 9.17) is 57.4 Å². The number of aliphatic imine (C=N–C) groups is 3. The summed E-state index contributed by atoms with van der Waals surface area (Å²) in [7, 11) is -3.53. The number of amides is 7. The molecule has 27 nitrogen and oxygen atoms in total. The van der Waals surface area contributed by atoms with Crippen LogP contribution in [0, 0.1) is 59.2 Å². The molecular weight excluding hydrogens is 1190 g/mol. The van der Waals surface area contributed by atoms with Gasteiger partial charge in [0.15, 0.2) is 6.23 Å². The minimum atomic E-state index is -5.07. The quantitative estimate of drug-likeness (QED) is 0.0601. The SMILES string of the molecule is CNC(=O)CC[C@@H]1C2=CC3=NC(=C(C)C4=N[C@H]([C@H](CC(N)=O)[C@@]4(C)CCC(=O)NC[C@@H](C)OP(=O)(O)O[C@H]4[C@@H](O)[C@@H](n5cnc6cc(C)c(C)cc65)O[C@@H]4CO)[C@]4(C)N=C(C(C)=C(N2)[C@@]1(C)CC(N)=O)[C@@H](CCC(N)=O)[C@]4(C)CC(N)=O)[C@@H](CCC(N)=O)C3(C)C. The number of nitrogens with one attached hydrogen (secondary N) is 3. The fraction of sp³-hybridized carbons (Fsp3) is 0.635. The first-order chi connectivity index (χ1) is 42.4. The second kappa shape index (κ2) is 26.2. The number of hydrogen-bond acceptors (Lipinski definition) is 18. The molecule has 6 aliphatic rings. The molecule has 1 aromatic heterocycles. The van der Waals surface area contributed by atoms with Crippen molar-refractivity contribution in [1.82, 2.24) is 25.5 Å². The Bertz CT molecular complexity index is 3560. The number of primary amides is 5. The van der Waals surface area contributed by atoms with Crippen molar-refractivity contribution in [2.75, 3.05) is 20.2 Å². The molecule has 1 unspecified atom stereocenters. The van der Waals surface area contributed by atoms with E-state index in [1.807, 2.05) is 87.4 Å². The van der Waals surface area contributed by atoms with E-state index in [0.29, 0.717) is 56.4 Å². The van der Waals surface area contributed by atoms with E-state index < -0.39 is 137 Å². The number of phosphoric acid groups is 1. The van der Waals surface area contributed by atoms with E-state index in [0.717, 1.165) is 11.1 Å². The molecule has 15 atom stereocenters. The minimum Gasteiger partial charge on any atom is -0.394 e. The first-order valence-corrected chi connectivity index (χ1v) is 32.5. The average molecular weight is 1290 g/mol. The smallest absolute Gasteiger partial charge is 0.394 e. The number of nitrogens with two attached hydrogens (primary N) is 5. The molecule has 2 fully saturated rings. The number of phosphoric ester groups is 1. The third kappa shape index (κ3) is 13.3. The summed E-state index contributed by atoms with van der Waals surface area (Å²) in [6.07, 6.45) is -3.93. The molecule has 2 saturated heterocycles. The van der Waals surface area contributed by atoms with E-state index in [-0.39, 0.29) is 83.1 Å². The van der Waals surface area contributed by atoms with Gasteiger partial charge in [-0.15, -0.1) is 0 Å². The van der Waals surface area contributed by atoms with Gasteiger partial charge in [0.25, 0.3) is 0 Å². The number of nitrogens with zero attached hydrogens (tertiary/aromatic N) is 5. The van der Waals surface area contributed by atoms with Gasteiger partial charge in [0.1, 0.15) is 18.3 Å². The van der Waals surface area contributed by atoms with Gasteiger partial charge in [-0.2, -0.15) is 0 Å². The Morgan fingerprint density at radius 1 is 0.813 bits per heavy atom. The highest BCUT2D eigenvalue weighted by Gasteiger charge is 2.66. The lowest BCUT2D eigenvalue weighted by Gasteiger charge is -2.48. The van der Waals surface area contributed by atoms with Crippen molar-refractivity contribution in [1.29, 1.82) is 0 Å². The summed E-state index contributed by atoms with van der Waals surface area (Å²) in [5.41, 5.74) is 31.8. The maximum atomic E-state index is 14.4. The lowest BCUT2D eigenvalue weighted by molar-refractivity contribution is -0.124. The topological polar surface area (TPSA) is 446 Å². The fourth-order valence-electron chi connectivity index (χ4n) is 15.6. The van der Waals surface area contributed by atoms with Gasteiger partial charge in [-0.3, -0.25) is 57.6 Å². The summed E-state index contributed by atoms with van der Waals surface area (Å²) in [5.74, 6) is -6.73. The van der Waals surface area contributed by atoms with E-state index in [1.54, 1.807) is 4.57 Å². The molecule has 7 heterocycles. The summed E-state index contributed by atoms with van der Waals surface area (Å²) in [5, 5.41) is 31.0. The molecule has 28 heteroatoms. The molecule has 8 bridgehead atoms. The van der Waals surface area contributed by atoms with E-state index in [9.17, 15) is 53.2 Å². The Morgan fingerprint density at radius 2 is 1.44 bits per heavy atom. The van der Waals surface area contributed by atoms with Crippen molar-refractivity contribution in [2.24, 2.45) is 89.0 Å². The van der Waals surface area contributed by atoms with Gasteiger partial charge in [0.2, 0.25) is 41.4 Å². The van der Waals surface area contributed by atoms with Gasteiger partial charge in [0.05, 0.1) is 41.7 Å². The van der Waals surface area contributed by atoms with E-state index in [1.165, 1.54) is 20.3 Å². The molecule has 0 spiro atoms. The zero-order valence-electron chi connectivity index (χ0n) is 54.2. The third-order valence-electron chi connectivity index (χ3n) is 20.9. The Morgan fingerprint density at radius 3 is 2.04 bits per heavy atom. The minimum absolute atomic E-state index is 0.00597. The van der Waals surface area contributed by atoms with Crippen molar-refractivity contribution < 1.29 is 67.0 Å². The van der Waals surface area contributed by atoms with Crippen LogP contribution in [0.25, 0.3) is 11.0 Å². The number of aliphatic hydroxyl groups is 2. The second-order valence-corrected chi connectivity index (χ2v) is 28.6.